The summed E-state index contributed by atoms with van der Waals surface area (Å²) in [7, 11) is 0. The van der Waals surface area contributed by atoms with Crippen LogP contribution in [0.25, 0.3) is 11.3 Å². The van der Waals surface area contributed by atoms with Crippen molar-refractivity contribution in [1.29, 1.82) is 0 Å². The van der Waals surface area contributed by atoms with Gasteiger partial charge in [-0.05, 0) is 50.8 Å². The molecule has 0 aliphatic heterocycles. The first-order valence-corrected chi connectivity index (χ1v) is 12.3. The van der Waals surface area contributed by atoms with Gasteiger partial charge in [0.2, 0.25) is 5.75 Å². The second kappa shape index (κ2) is 11.7. The van der Waals surface area contributed by atoms with Gasteiger partial charge in [-0.25, -0.2) is 4.98 Å². The normalized spacial score (nSPS) is 11.7. The fraction of sp³-hybridized carbons (Fsp3) is 0.385. The molecule has 0 spiro atoms. The highest BCUT2D eigenvalue weighted by atomic mass is 32.1. The summed E-state index contributed by atoms with van der Waals surface area (Å²) in [6.07, 6.45) is 1.10. The minimum atomic E-state index is -0.284. The van der Waals surface area contributed by atoms with Crippen LogP contribution in [0.15, 0.2) is 41.8 Å². The van der Waals surface area contributed by atoms with Crippen molar-refractivity contribution in [3.05, 3.63) is 52.9 Å². The van der Waals surface area contributed by atoms with Crippen LogP contribution in [0.1, 0.15) is 62.9 Å². The third kappa shape index (κ3) is 6.05. The Bertz CT molecular complexity index is 1040. The second-order valence-electron chi connectivity index (χ2n) is 7.52. The molecule has 0 bridgehead atoms. The molecule has 1 heterocycles. The van der Waals surface area contributed by atoms with Gasteiger partial charge in [0.1, 0.15) is 0 Å². The van der Waals surface area contributed by atoms with Gasteiger partial charge in [0.25, 0.3) is 5.91 Å². The number of hydrogen-bond donors (Lipinski definition) is 1. The summed E-state index contributed by atoms with van der Waals surface area (Å²) in [5, 5.41) is 5.37. The van der Waals surface area contributed by atoms with Gasteiger partial charge in [-0.1, -0.05) is 38.1 Å². The monoisotopic (exact) mass is 468 g/mol. The lowest BCUT2D eigenvalue weighted by molar-refractivity contribution is 0.102. The first-order valence-electron chi connectivity index (χ1n) is 11.4. The highest BCUT2D eigenvalue weighted by Gasteiger charge is 2.19. The molecule has 1 N–H and O–H groups in total. The second-order valence-corrected chi connectivity index (χ2v) is 8.38. The average Bonchev–Trinajstić information content (AvgIpc) is 3.29. The zero-order valence-electron chi connectivity index (χ0n) is 19.9. The van der Waals surface area contributed by atoms with Crippen LogP contribution in [0.5, 0.6) is 17.2 Å². The molecule has 6 nitrogen and oxygen atoms in total. The van der Waals surface area contributed by atoms with Crippen LogP contribution in [0, 0.1) is 0 Å². The minimum Gasteiger partial charge on any atom is -0.490 e. The molecule has 33 heavy (non-hydrogen) atoms. The van der Waals surface area contributed by atoms with E-state index in [0.717, 1.165) is 17.7 Å². The van der Waals surface area contributed by atoms with Crippen LogP contribution in [-0.2, 0) is 0 Å². The van der Waals surface area contributed by atoms with Crippen LogP contribution in [0.3, 0.4) is 0 Å². The standard InChI is InChI=1S/C26H32N2O4S/c1-6-17(5)18-10-12-19(13-11-18)21-16-33-26(27-21)28-25(29)20-14-22(30-7-2)24(32-9-4)23(15-20)31-8-3/h10-17H,6-9H2,1-5H3,(H,27,28,29). The lowest BCUT2D eigenvalue weighted by atomic mass is 9.97. The maximum absolute atomic E-state index is 13.0. The summed E-state index contributed by atoms with van der Waals surface area (Å²) in [5.74, 6) is 1.72. The molecular formula is C26H32N2O4S. The van der Waals surface area contributed by atoms with Gasteiger partial charge >= 0.3 is 0 Å². The largest absolute Gasteiger partial charge is 0.490 e. The van der Waals surface area contributed by atoms with Gasteiger partial charge in [0.05, 0.1) is 25.5 Å². The van der Waals surface area contributed by atoms with Crippen LogP contribution in [0.2, 0.25) is 0 Å². The number of ether oxygens (including phenoxy) is 3. The van der Waals surface area contributed by atoms with E-state index >= 15 is 0 Å². The predicted molar refractivity (Wildman–Crippen MR) is 134 cm³/mol. The van der Waals surface area contributed by atoms with Crippen LogP contribution in [0.4, 0.5) is 5.13 Å². The number of aromatic nitrogens is 1. The van der Waals surface area contributed by atoms with Crippen molar-refractivity contribution < 1.29 is 19.0 Å². The Balaban J connectivity index is 1.81. The van der Waals surface area contributed by atoms with E-state index in [1.807, 2.05) is 26.2 Å². The molecule has 0 aliphatic rings. The summed E-state index contributed by atoms with van der Waals surface area (Å²) in [6, 6.07) is 11.8. The van der Waals surface area contributed by atoms with Crippen molar-refractivity contribution >= 4 is 22.4 Å². The van der Waals surface area contributed by atoms with E-state index in [4.69, 9.17) is 14.2 Å². The lowest BCUT2D eigenvalue weighted by Crippen LogP contribution is -2.13. The fourth-order valence-corrected chi connectivity index (χ4v) is 4.09. The van der Waals surface area contributed by atoms with E-state index in [1.54, 1.807) is 12.1 Å². The van der Waals surface area contributed by atoms with E-state index in [1.165, 1.54) is 16.9 Å². The molecule has 176 valence electrons. The van der Waals surface area contributed by atoms with E-state index < -0.39 is 0 Å². The highest BCUT2D eigenvalue weighted by Crippen LogP contribution is 2.39. The first-order chi connectivity index (χ1) is 16.0. The lowest BCUT2D eigenvalue weighted by Gasteiger charge is -2.16. The summed E-state index contributed by atoms with van der Waals surface area (Å²) < 4.78 is 17.1. The van der Waals surface area contributed by atoms with Crippen molar-refractivity contribution in [2.75, 3.05) is 25.1 Å². The number of benzene rings is 2. The minimum absolute atomic E-state index is 0.284. The number of rotatable bonds is 11. The molecule has 0 saturated carbocycles. The summed E-state index contributed by atoms with van der Waals surface area (Å²) in [5.41, 5.74) is 3.59. The molecule has 0 aliphatic carbocycles. The quantitative estimate of drug-likeness (QED) is 0.336. The Morgan fingerprint density at radius 3 is 2.12 bits per heavy atom. The van der Waals surface area contributed by atoms with Gasteiger partial charge in [0, 0.05) is 16.5 Å². The van der Waals surface area contributed by atoms with E-state index in [-0.39, 0.29) is 5.91 Å². The van der Waals surface area contributed by atoms with Gasteiger partial charge < -0.3 is 14.2 Å². The van der Waals surface area contributed by atoms with Crippen molar-refractivity contribution in [1.82, 2.24) is 4.98 Å². The summed E-state index contributed by atoms with van der Waals surface area (Å²) >= 11 is 1.39. The number of amides is 1. The molecule has 0 saturated heterocycles. The Hall–Kier alpha value is -3.06. The molecule has 1 unspecified atom stereocenters. The van der Waals surface area contributed by atoms with Crippen molar-refractivity contribution in [2.24, 2.45) is 0 Å². The number of anilines is 1. The zero-order valence-corrected chi connectivity index (χ0v) is 20.8. The summed E-state index contributed by atoms with van der Waals surface area (Å²) in [6.45, 7) is 11.4. The van der Waals surface area contributed by atoms with Gasteiger partial charge in [-0.15, -0.1) is 11.3 Å². The van der Waals surface area contributed by atoms with Gasteiger partial charge in [0.15, 0.2) is 16.6 Å². The van der Waals surface area contributed by atoms with Crippen LogP contribution >= 0.6 is 11.3 Å². The molecule has 1 amide bonds. The van der Waals surface area contributed by atoms with Crippen LogP contribution < -0.4 is 19.5 Å². The molecule has 0 radical (unpaired) electrons. The number of carbonyl (C=O) groups excluding carboxylic acids is 1. The molecule has 3 aromatic rings. The Morgan fingerprint density at radius 1 is 0.970 bits per heavy atom. The molecule has 7 heteroatoms. The number of thiazole rings is 1. The third-order valence-corrected chi connectivity index (χ3v) is 6.04. The number of hydrogen-bond acceptors (Lipinski definition) is 6. The van der Waals surface area contributed by atoms with E-state index in [2.05, 4.69) is 48.4 Å². The van der Waals surface area contributed by atoms with E-state index in [9.17, 15) is 4.79 Å². The topological polar surface area (TPSA) is 69.7 Å². The van der Waals surface area contributed by atoms with Gasteiger partial charge in [-0.3, -0.25) is 10.1 Å². The number of carbonyl (C=O) groups is 1. The van der Waals surface area contributed by atoms with Gasteiger partial charge in [-0.2, -0.15) is 0 Å². The molecule has 3 rings (SSSR count). The molecular weight excluding hydrogens is 436 g/mol. The maximum atomic E-state index is 13.0. The number of nitrogens with zero attached hydrogens (tertiary/aromatic N) is 1. The van der Waals surface area contributed by atoms with Crippen LogP contribution in [-0.4, -0.2) is 30.7 Å². The fourth-order valence-electron chi connectivity index (χ4n) is 3.37. The first kappa shape index (κ1) is 24.6. The third-order valence-electron chi connectivity index (χ3n) is 5.28. The van der Waals surface area contributed by atoms with Crippen molar-refractivity contribution in [3.63, 3.8) is 0 Å². The smallest absolute Gasteiger partial charge is 0.257 e. The molecule has 1 atom stereocenters. The predicted octanol–water partition coefficient (Wildman–Crippen LogP) is 6.77. The highest BCUT2D eigenvalue weighted by molar-refractivity contribution is 7.14. The summed E-state index contributed by atoms with van der Waals surface area (Å²) in [4.78, 5) is 17.6. The molecule has 0 fully saturated rings. The van der Waals surface area contributed by atoms with Crippen molar-refractivity contribution in [3.8, 4) is 28.5 Å². The average molecular weight is 469 g/mol. The molecule has 1 aromatic heterocycles. The number of nitrogens with one attached hydrogen (secondary N) is 1. The van der Waals surface area contributed by atoms with Crippen molar-refractivity contribution in [2.45, 2.75) is 47.0 Å². The Kier molecular flexibility index (Phi) is 8.72. The maximum Gasteiger partial charge on any atom is 0.257 e. The Morgan fingerprint density at radius 2 is 1.58 bits per heavy atom. The zero-order chi connectivity index (χ0) is 23.8. The Labute approximate surface area is 199 Å². The SMILES string of the molecule is CCOc1cc(C(=O)Nc2nc(-c3ccc(C(C)CC)cc3)cs2)cc(OCC)c1OCC. The molecule has 2 aromatic carbocycles. The van der Waals surface area contributed by atoms with E-state index in [0.29, 0.717) is 53.7 Å².